The van der Waals surface area contributed by atoms with Crippen molar-refractivity contribution in [2.45, 2.75) is 23.7 Å². The average Bonchev–Trinajstić information content (AvgIpc) is 2.32. The summed E-state index contributed by atoms with van der Waals surface area (Å²) in [6, 6.07) is 2.76. The number of rotatable bonds is 2. The Hall–Kier alpha value is -1.14. The van der Waals surface area contributed by atoms with Crippen LogP contribution in [-0.2, 0) is 9.84 Å². The van der Waals surface area contributed by atoms with Crippen molar-refractivity contribution >= 4 is 9.84 Å². The maximum atomic E-state index is 13.9. The lowest BCUT2D eigenvalue weighted by atomic mass is 9.89. The highest BCUT2D eigenvalue weighted by Crippen LogP contribution is 2.36. The van der Waals surface area contributed by atoms with Gasteiger partial charge in [-0.25, -0.2) is 12.8 Å². The number of hydrogen-bond acceptors (Lipinski definition) is 4. The number of phenolic OH excluding ortho intramolecular Hbond substituents is 1. The predicted molar refractivity (Wildman–Crippen MR) is 66.0 cm³/mol. The first-order chi connectivity index (χ1) is 8.41. The van der Waals surface area contributed by atoms with Crippen molar-refractivity contribution in [3.05, 3.63) is 23.5 Å². The van der Waals surface area contributed by atoms with Crippen molar-refractivity contribution in [1.82, 2.24) is 5.32 Å². The Labute approximate surface area is 106 Å². The molecule has 1 aliphatic heterocycles. The SMILES string of the molecule is CS(=O)(=O)c1ccc(C2CCNCC2)c(O)c1F. The molecule has 0 unspecified atom stereocenters. The monoisotopic (exact) mass is 273 g/mol. The summed E-state index contributed by atoms with van der Waals surface area (Å²) in [7, 11) is -3.65. The second kappa shape index (κ2) is 4.85. The number of hydrogen-bond donors (Lipinski definition) is 2. The zero-order valence-corrected chi connectivity index (χ0v) is 10.9. The fraction of sp³-hybridized carbons (Fsp3) is 0.500. The van der Waals surface area contributed by atoms with Gasteiger partial charge in [-0.05, 0) is 37.9 Å². The van der Waals surface area contributed by atoms with Crippen molar-refractivity contribution in [1.29, 1.82) is 0 Å². The molecule has 0 atom stereocenters. The van der Waals surface area contributed by atoms with Gasteiger partial charge in [-0.15, -0.1) is 0 Å². The Balaban J connectivity index is 2.43. The van der Waals surface area contributed by atoms with E-state index in [0.717, 1.165) is 32.2 Å². The molecule has 1 aromatic carbocycles. The molecule has 4 nitrogen and oxygen atoms in total. The molecule has 1 heterocycles. The summed E-state index contributed by atoms with van der Waals surface area (Å²) in [5.41, 5.74) is 0.501. The molecule has 1 saturated heterocycles. The van der Waals surface area contributed by atoms with Crippen LogP contribution in [0.15, 0.2) is 17.0 Å². The summed E-state index contributed by atoms with van der Waals surface area (Å²) in [5.74, 6) is -1.48. The molecular formula is C12H16FNO3S. The van der Waals surface area contributed by atoms with E-state index >= 15 is 0 Å². The van der Waals surface area contributed by atoms with E-state index in [1.54, 1.807) is 0 Å². The fourth-order valence-corrected chi connectivity index (χ4v) is 3.05. The quantitative estimate of drug-likeness (QED) is 0.855. The highest BCUT2D eigenvalue weighted by Gasteiger charge is 2.24. The normalized spacial score (nSPS) is 17.9. The molecule has 0 radical (unpaired) electrons. The van der Waals surface area contributed by atoms with E-state index in [0.29, 0.717) is 5.56 Å². The van der Waals surface area contributed by atoms with Crippen LogP contribution in [0.1, 0.15) is 24.3 Å². The summed E-state index contributed by atoms with van der Waals surface area (Å²) in [6.45, 7) is 1.64. The predicted octanol–water partition coefficient (Wildman–Crippen LogP) is 1.40. The van der Waals surface area contributed by atoms with Gasteiger partial charge in [-0.2, -0.15) is 0 Å². The summed E-state index contributed by atoms with van der Waals surface area (Å²) in [5, 5.41) is 13.0. The van der Waals surface area contributed by atoms with Gasteiger partial charge in [0.05, 0.1) is 0 Å². The van der Waals surface area contributed by atoms with Crippen LogP contribution in [0.25, 0.3) is 0 Å². The Morgan fingerprint density at radius 3 is 2.50 bits per heavy atom. The zero-order chi connectivity index (χ0) is 13.3. The van der Waals surface area contributed by atoms with Gasteiger partial charge >= 0.3 is 0 Å². The lowest BCUT2D eigenvalue weighted by Crippen LogP contribution is -2.26. The Morgan fingerprint density at radius 1 is 1.33 bits per heavy atom. The molecule has 6 heteroatoms. The molecule has 2 N–H and O–H groups in total. The topological polar surface area (TPSA) is 66.4 Å². The number of halogens is 1. The average molecular weight is 273 g/mol. The molecule has 0 aliphatic carbocycles. The van der Waals surface area contributed by atoms with Crippen LogP contribution >= 0.6 is 0 Å². The van der Waals surface area contributed by atoms with Crippen LogP contribution < -0.4 is 5.32 Å². The van der Waals surface area contributed by atoms with Gasteiger partial charge in [-0.1, -0.05) is 6.07 Å². The molecule has 18 heavy (non-hydrogen) atoms. The minimum Gasteiger partial charge on any atom is -0.505 e. The summed E-state index contributed by atoms with van der Waals surface area (Å²) in [6.07, 6.45) is 2.55. The van der Waals surface area contributed by atoms with Gasteiger partial charge < -0.3 is 10.4 Å². The van der Waals surface area contributed by atoms with Crippen LogP contribution in [-0.4, -0.2) is 32.9 Å². The smallest absolute Gasteiger partial charge is 0.183 e. The standard InChI is InChI=1S/C12H16FNO3S/c1-18(16,17)10-3-2-9(12(15)11(10)13)8-4-6-14-7-5-8/h2-3,8,14-15H,4-7H2,1H3. The van der Waals surface area contributed by atoms with Gasteiger partial charge in [0.1, 0.15) is 4.90 Å². The maximum absolute atomic E-state index is 13.9. The van der Waals surface area contributed by atoms with Gasteiger partial charge in [0, 0.05) is 11.8 Å². The van der Waals surface area contributed by atoms with Gasteiger partial charge in [0.25, 0.3) is 0 Å². The van der Waals surface area contributed by atoms with Gasteiger partial charge in [0.15, 0.2) is 21.4 Å². The van der Waals surface area contributed by atoms with Gasteiger partial charge in [-0.3, -0.25) is 0 Å². The maximum Gasteiger partial charge on any atom is 0.183 e. The Bertz CT molecular complexity index is 551. The van der Waals surface area contributed by atoms with E-state index in [1.807, 2.05) is 0 Å². The number of nitrogens with one attached hydrogen (secondary N) is 1. The lowest BCUT2D eigenvalue weighted by Gasteiger charge is -2.24. The molecule has 2 rings (SSSR count). The largest absolute Gasteiger partial charge is 0.505 e. The summed E-state index contributed by atoms with van der Waals surface area (Å²) >= 11 is 0. The van der Waals surface area contributed by atoms with Gasteiger partial charge in [0.2, 0.25) is 0 Å². The number of phenols is 1. The van der Waals surface area contributed by atoms with Crippen LogP contribution in [0.4, 0.5) is 4.39 Å². The summed E-state index contributed by atoms with van der Waals surface area (Å²) < 4.78 is 36.5. The molecule has 0 bridgehead atoms. The number of piperidine rings is 1. The molecule has 0 aromatic heterocycles. The van der Waals surface area contributed by atoms with Crippen molar-refractivity contribution in [3.63, 3.8) is 0 Å². The van der Waals surface area contributed by atoms with E-state index in [1.165, 1.54) is 12.1 Å². The van der Waals surface area contributed by atoms with Crippen molar-refractivity contribution in [2.24, 2.45) is 0 Å². The van der Waals surface area contributed by atoms with Crippen molar-refractivity contribution in [2.75, 3.05) is 19.3 Å². The fourth-order valence-electron chi connectivity index (χ4n) is 2.31. The van der Waals surface area contributed by atoms with Crippen molar-refractivity contribution in [3.8, 4) is 5.75 Å². The Kier molecular flexibility index (Phi) is 3.59. The minimum absolute atomic E-state index is 0.0781. The third-order valence-corrected chi connectivity index (χ3v) is 4.40. The van der Waals surface area contributed by atoms with Crippen LogP contribution in [0.5, 0.6) is 5.75 Å². The highest BCUT2D eigenvalue weighted by atomic mass is 32.2. The first kappa shape index (κ1) is 13.3. The number of sulfone groups is 1. The third kappa shape index (κ3) is 2.49. The molecule has 1 fully saturated rings. The van der Waals surface area contributed by atoms with E-state index < -0.39 is 26.3 Å². The molecule has 100 valence electrons. The second-order valence-electron chi connectivity index (χ2n) is 4.61. The van der Waals surface area contributed by atoms with E-state index in [-0.39, 0.29) is 5.92 Å². The summed E-state index contributed by atoms with van der Waals surface area (Å²) in [4.78, 5) is -0.447. The molecule has 0 amide bonds. The second-order valence-corrected chi connectivity index (χ2v) is 6.60. The number of aromatic hydroxyl groups is 1. The molecule has 0 spiro atoms. The first-order valence-electron chi connectivity index (χ1n) is 5.83. The van der Waals surface area contributed by atoms with Crippen molar-refractivity contribution < 1.29 is 17.9 Å². The molecule has 0 saturated carbocycles. The minimum atomic E-state index is -3.65. The highest BCUT2D eigenvalue weighted by molar-refractivity contribution is 7.90. The molecular weight excluding hydrogens is 257 g/mol. The van der Waals surface area contributed by atoms with Crippen LogP contribution in [0.3, 0.4) is 0 Å². The first-order valence-corrected chi connectivity index (χ1v) is 7.72. The third-order valence-electron chi connectivity index (χ3n) is 3.29. The van der Waals surface area contributed by atoms with E-state index in [9.17, 15) is 17.9 Å². The zero-order valence-electron chi connectivity index (χ0n) is 10.1. The van der Waals surface area contributed by atoms with E-state index in [4.69, 9.17) is 0 Å². The molecule has 1 aliphatic rings. The molecule has 1 aromatic rings. The van der Waals surface area contributed by atoms with Crippen LogP contribution in [0.2, 0.25) is 0 Å². The Morgan fingerprint density at radius 2 is 1.94 bits per heavy atom. The van der Waals surface area contributed by atoms with E-state index in [2.05, 4.69) is 5.32 Å². The van der Waals surface area contributed by atoms with Crippen LogP contribution in [0, 0.1) is 5.82 Å². The number of benzene rings is 1. The lowest BCUT2D eigenvalue weighted by molar-refractivity contribution is 0.394.